The first kappa shape index (κ1) is 12.2. The first-order valence-corrected chi connectivity index (χ1v) is 6.91. The van der Waals surface area contributed by atoms with Gasteiger partial charge in [0.05, 0.1) is 0 Å². The highest BCUT2D eigenvalue weighted by atomic mass is 79.9. The molecule has 6 heteroatoms. The lowest BCUT2D eigenvalue weighted by atomic mass is 10.1. The van der Waals surface area contributed by atoms with Crippen LogP contribution in [0.1, 0.15) is 10.4 Å². The van der Waals surface area contributed by atoms with Crippen LogP contribution in [0, 0.1) is 0 Å². The normalized spacial score (nSPS) is 11.3. The van der Waals surface area contributed by atoms with Crippen LogP contribution in [0.15, 0.2) is 22.7 Å². The maximum atomic E-state index is 11.5. The van der Waals surface area contributed by atoms with Gasteiger partial charge >= 0.3 is 0 Å². The number of anilines is 1. The standard InChI is InChI=1S/C9H10BrNO3S/c1-15(13,14)5-9(12)7-3-2-6(11)4-8(7)10/h2-4H,5,11H2,1H3. The summed E-state index contributed by atoms with van der Waals surface area (Å²) in [6.07, 6.45) is 1.02. The lowest BCUT2D eigenvalue weighted by molar-refractivity contribution is 0.102. The van der Waals surface area contributed by atoms with Crippen LogP contribution in [0.4, 0.5) is 5.69 Å². The van der Waals surface area contributed by atoms with Crippen LogP contribution in [-0.2, 0) is 9.84 Å². The molecule has 0 saturated carbocycles. The van der Waals surface area contributed by atoms with E-state index in [1.807, 2.05) is 0 Å². The van der Waals surface area contributed by atoms with Crippen molar-refractivity contribution < 1.29 is 13.2 Å². The van der Waals surface area contributed by atoms with E-state index < -0.39 is 21.4 Å². The van der Waals surface area contributed by atoms with E-state index in [1.165, 1.54) is 6.07 Å². The van der Waals surface area contributed by atoms with Gasteiger partial charge in [0.25, 0.3) is 0 Å². The van der Waals surface area contributed by atoms with Crippen molar-refractivity contribution >= 4 is 37.2 Å². The van der Waals surface area contributed by atoms with E-state index in [9.17, 15) is 13.2 Å². The molecule has 15 heavy (non-hydrogen) atoms. The van der Waals surface area contributed by atoms with Crippen LogP contribution in [0.3, 0.4) is 0 Å². The Morgan fingerprint density at radius 3 is 2.53 bits per heavy atom. The number of hydrogen-bond acceptors (Lipinski definition) is 4. The smallest absolute Gasteiger partial charge is 0.178 e. The minimum Gasteiger partial charge on any atom is -0.399 e. The van der Waals surface area contributed by atoms with E-state index in [-0.39, 0.29) is 0 Å². The molecule has 1 aromatic rings. The second-order valence-electron chi connectivity index (χ2n) is 3.23. The molecule has 1 aromatic carbocycles. The van der Waals surface area contributed by atoms with Crippen LogP contribution in [0.2, 0.25) is 0 Å². The first-order valence-electron chi connectivity index (χ1n) is 4.05. The number of ketones is 1. The predicted molar refractivity (Wildman–Crippen MR) is 62.6 cm³/mol. The largest absolute Gasteiger partial charge is 0.399 e. The highest BCUT2D eigenvalue weighted by molar-refractivity contribution is 9.10. The fourth-order valence-electron chi connectivity index (χ4n) is 1.07. The van der Waals surface area contributed by atoms with E-state index >= 15 is 0 Å². The van der Waals surface area contributed by atoms with Crippen LogP contribution < -0.4 is 5.73 Å². The Morgan fingerprint density at radius 2 is 2.07 bits per heavy atom. The molecule has 0 bridgehead atoms. The summed E-state index contributed by atoms with van der Waals surface area (Å²) in [5, 5.41) is 0. The number of rotatable bonds is 3. The summed E-state index contributed by atoms with van der Waals surface area (Å²) in [5.74, 6) is -0.931. The van der Waals surface area contributed by atoms with Crippen molar-refractivity contribution in [2.24, 2.45) is 0 Å². The minimum atomic E-state index is -3.30. The SMILES string of the molecule is CS(=O)(=O)CC(=O)c1ccc(N)cc1Br. The summed E-state index contributed by atoms with van der Waals surface area (Å²) in [6.45, 7) is 0. The van der Waals surface area contributed by atoms with Crippen molar-refractivity contribution in [1.82, 2.24) is 0 Å². The molecule has 0 unspecified atom stereocenters. The van der Waals surface area contributed by atoms with Crippen molar-refractivity contribution in [2.75, 3.05) is 17.7 Å². The molecule has 0 heterocycles. The van der Waals surface area contributed by atoms with Gasteiger partial charge in [0.15, 0.2) is 15.6 Å². The molecule has 0 aromatic heterocycles. The molecule has 0 aliphatic rings. The van der Waals surface area contributed by atoms with Crippen molar-refractivity contribution in [3.8, 4) is 0 Å². The number of carbonyl (C=O) groups is 1. The first-order chi connectivity index (χ1) is 6.79. The minimum absolute atomic E-state index is 0.328. The van der Waals surface area contributed by atoms with Crippen molar-refractivity contribution in [2.45, 2.75) is 0 Å². The number of sulfone groups is 1. The lowest BCUT2D eigenvalue weighted by Gasteiger charge is -2.03. The van der Waals surface area contributed by atoms with Gasteiger partial charge in [-0.1, -0.05) is 0 Å². The molecule has 2 N–H and O–H groups in total. The van der Waals surface area contributed by atoms with Gasteiger partial charge in [-0.2, -0.15) is 0 Å². The number of nitrogen functional groups attached to an aromatic ring is 1. The van der Waals surface area contributed by atoms with Gasteiger partial charge in [0, 0.05) is 22.0 Å². The zero-order chi connectivity index (χ0) is 11.6. The number of halogens is 1. The van der Waals surface area contributed by atoms with Gasteiger partial charge < -0.3 is 5.73 Å². The zero-order valence-electron chi connectivity index (χ0n) is 8.03. The zero-order valence-corrected chi connectivity index (χ0v) is 10.4. The quantitative estimate of drug-likeness (QED) is 0.672. The summed E-state index contributed by atoms with van der Waals surface area (Å²) in [7, 11) is -3.30. The number of nitrogens with two attached hydrogens (primary N) is 1. The molecular formula is C9H10BrNO3S. The average molecular weight is 292 g/mol. The summed E-state index contributed by atoms with van der Waals surface area (Å²) < 4.78 is 22.4. The van der Waals surface area contributed by atoms with E-state index in [2.05, 4.69) is 15.9 Å². The van der Waals surface area contributed by atoms with E-state index in [1.54, 1.807) is 12.1 Å². The molecule has 0 saturated heterocycles. The molecule has 0 spiro atoms. The molecular weight excluding hydrogens is 282 g/mol. The van der Waals surface area contributed by atoms with E-state index in [0.717, 1.165) is 6.26 Å². The number of carbonyl (C=O) groups excluding carboxylic acids is 1. The third kappa shape index (κ3) is 3.64. The van der Waals surface area contributed by atoms with E-state index in [0.29, 0.717) is 15.7 Å². The number of hydrogen-bond donors (Lipinski definition) is 1. The second kappa shape index (κ2) is 4.32. The summed E-state index contributed by atoms with van der Waals surface area (Å²) >= 11 is 3.16. The van der Waals surface area contributed by atoms with Gasteiger partial charge in [0.1, 0.15) is 5.75 Å². The van der Waals surface area contributed by atoms with Crippen LogP contribution in [-0.4, -0.2) is 26.2 Å². The number of benzene rings is 1. The predicted octanol–water partition coefficient (Wildman–Crippen LogP) is 1.26. The molecule has 0 fully saturated rings. The second-order valence-corrected chi connectivity index (χ2v) is 6.23. The Hall–Kier alpha value is -0.880. The monoisotopic (exact) mass is 291 g/mol. The van der Waals surface area contributed by atoms with Crippen LogP contribution >= 0.6 is 15.9 Å². The van der Waals surface area contributed by atoms with E-state index in [4.69, 9.17) is 5.73 Å². The highest BCUT2D eigenvalue weighted by Crippen LogP contribution is 2.20. The Kier molecular flexibility index (Phi) is 3.51. The number of Topliss-reactive ketones (excluding diaryl/α,β-unsaturated/α-hetero) is 1. The Bertz CT molecular complexity index is 496. The van der Waals surface area contributed by atoms with Gasteiger partial charge in [-0.25, -0.2) is 8.42 Å². The average Bonchev–Trinajstić information content (AvgIpc) is 1.99. The molecule has 1 rings (SSSR count). The fraction of sp³-hybridized carbons (Fsp3) is 0.222. The topological polar surface area (TPSA) is 77.2 Å². The molecule has 0 amide bonds. The summed E-state index contributed by atoms with van der Waals surface area (Å²) in [6, 6.07) is 4.63. The van der Waals surface area contributed by atoms with Crippen molar-refractivity contribution in [3.05, 3.63) is 28.2 Å². The van der Waals surface area contributed by atoms with Crippen molar-refractivity contribution in [1.29, 1.82) is 0 Å². The van der Waals surface area contributed by atoms with Gasteiger partial charge in [0.2, 0.25) is 0 Å². The van der Waals surface area contributed by atoms with Gasteiger partial charge in [-0.15, -0.1) is 0 Å². The molecule has 0 aliphatic heterocycles. The molecule has 0 aliphatic carbocycles. The Morgan fingerprint density at radius 1 is 1.47 bits per heavy atom. The maximum absolute atomic E-state index is 11.5. The highest BCUT2D eigenvalue weighted by Gasteiger charge is 2.15. The van der Waals surface area contributed by atoms with Crippen molar-refractivity contribution in [3.63, 3.8) is 0 Å². The molecule has 82 valence electrons. The lowest BCUT2D eigenvalue weighted by Crippen LogP contribution is -2.15. The molecule has 4 nitrogen and oxygen atoms in total. The summed E-state index contributed by atoms with van der Waals surface area (Å²) in [5.41, 5.74) is 6.34. The maximum Gasteiger partial charge on any atom is 0.178 e. The molecule has 0 atom stereocenters. The van der Waals surface area contributed by atoms with Crippen LogP contribution in [0.5, 0.6) is 0 Å². The Labute approximate surface area is 96.5 Å². The fourth-order valence-corrected chi connectivity index (χ4v) is 2.32. The Balaban J connectivity index is 3.02. The van der Waals surface area contributed by atoms with Gasteiger partial charge in [-0.3, -0.25) is 4.79 Å². The third-order valence-electron chi connectivity index (χ3n) is 1.69. The van der Waals surface area contributed by atoms with Gasteiger partial charge in [-0.05, 0) is 34.1 Å². The van der Waals surface area contributed by atoms with Crippen LogP contribution in [0.25, 0.3) is 0 Å². The summed E-state index contributed by atoms with van der Waals surface area (Å²) in [4.78, 5) is 11.5. The third-order valence-corrected chi connectivity index (χ3v) is 3.13. The molecule has 0 radical (unpaired) electrons.